The molecule has 0 saturated heterocycles. The van der Waals surface area contributed by atoms with Crippen LogP contribution >= 0.6 is 46.4 Å². The number of carbonyl (C=O) groups is 2. The number of pyridine rings is 2. The topological polar surface area (TPSA) is 204 Å². The first-order chi connectivity index (χ1) is 32.1. The monoisotopic (exact) mass is 965 g/mol. The Morgan fingerprint density at radius 3 is 1.46 bits per heavy atom. The Balaban J connectivity index is 0.000000189. The molecule has 0 aliphatic rings. The Bertz CT molecular complexity index is 3380. The number of nitrogens with zero attached hydrogens (tertiary/aromatic N) is 10. The molecular weight excluding hydrogens is 935 g/mol. The molecule has 0 saturated carbocycles. The van der Waals surface area contributed by atoms with Gasteiger partial charge in [-0.1, -0.05) is 58.5 Å². The number of esters is 1. The molecule has 330 valence electrons. The second-order valence-corrected chi connectivity index (χ2v) is 15.6. The number of imidazole rings is 2. The number of nitrogens with one attached hydrogen (secondary N) is 1. The Labute approximate surface area is 412 Å². The smallest absolute Gasteiger partial charge is 0.553 e. The third-order valence-electron chi connectivity index (χ3n) is 10.00. The van der Waals surface area contributed by atoms with Gasteiger partial charge in [0.25, 0.3) is 0 Å². The quantitative estimate of drug-likeness (QED) is 0.0798. The third kappa shape index (κ3) is 9.84. The maximum absolute atomic E-state index is 12.0. The Morgan fingerprint density at radius 1 is 0.612 bits per heavy atom. The van der Waals surface area contributed by atoms with Crippen molar-refractivity contribution in [2.75, 3.05) is 6.61 Å². The first-order valence-corrected chi connectivity index (χ1v) is 21.1. The van der Waals surface area contributed by atoms with Gasteiger partial charge >= 0.3 is 30.8 Å². The summed E-state index contributed by atoms with van der Waals surface area (Å²) in [6.45, 7) is 2.09. The van der Waals surface area contributed by atoms with E-state index in [4.69, 9.17) is 72.2 Å². The molecule has 0 spiro atoms. The van der Waals surface area contributed by atoms with Crippen LogP contribution < -0.4 is 18.9 Å². The summed E-state index contributed by atoms with van der Waals surface area (Å²) in [5.74, 6) is 4.47. The number of ether oxygens (including phenoxy) is 1. The van der Waals surface area contributed by atoms with Crippen LogP contribution in [0.3, 0.4) is 0 Å². The molecule has 67 heavy (non-hydrogen) atoms. The van der Waals surface area contributed by atoms with Gasteiger partial charge in [0.05, 0.1) is 27.8 Å². The maximum atomic E-state index is 12.0. The van der Waals surface area contributed by atoms with Crippen LogP contribution in [0.25, 0.3) is 74.1 Å². The summed E-state index contributed by atoms with van der Waals surface area (Å²) in [4.78, 5) is 32.8. The molecule has 21 heteroatoms. The molecule has 6 heterocycles. The molecule has 0 atom stereocenters. The van der Waals surface area contributed by atoms with Crippen LogP contribution in [0.5, 0.6) is 0 Å². The molecule has 0 fully saturated rings. The van der Waals surface area contributed by atoms with Gasteiger partial charge in [0.1, 0.15) is 46.7 Å². The average Bonchev–Trinajstić information content (AvgIpc) is 4.17. The van der Waals surface area contributed by atoms with E-state index in [1.165, 1.54) is 12.1 Å². The molecule has 10 rings (SSSR count). The number of hydrogen-bond acceptors (Lipinski definition) is 10. The van der Waals surface area contributed by atoms with E-state index in [-0.39, 0.29) is 30.4 Å². The Hall–Kier alpha value is -6.84. The molecule has 6 aromatic heterocycles. The largest absolute Gasteiger partial charge is 1.00 e. The zero-order valence-electron chi connectivity index (χ0n) is 35.2. The molecule has 0 amide bonds. The number of carbonyl (C=O) groups excluding carboxylic acids is 1. The third-order valence-corrected chi connectivity index (χ3v) is 11.1. The van der Waals surface area contributed by atoms with Gasteiger partial charge in [0.2, 0.25) is 0 Å². The van der Waals surface area contributed by atoms with E-state index in [0.717, 1.165) is 11.3 Å². The van der Waals surface area contributed by atoms with E-state index in [2.05, 4.69) is 20.4 Å². The molecule has 0 aliphatic heterocycles. The minimum absolute atomic E-state index is 0. The van der Waals surface area contributed by atoms with E-state index >= 15 is 0 Å². The van der Waals surface area contributed by atoms with Crippen molar-refractivity contribution in [2.24, 2.45) is 0 Å². The molecular formula is C46H32Cl4LiN11O5. The van der Waals surface area contributed by atoms with Crippen LogP contribution in [0.1, 0.15) is 27.6 Å². The van der Waals surface area contributed by atoms with E-state index in [9.17, 15) is 14.7 Å². The fraction of sp³-hybridized carbons (Fsp3) is 0.0435. The van der Waals surface area contributed by atoms with Crippen molar-refractivity contribution in [2.45, 2.75) is 6.92 Å². The summed E-state index contributed by atoms with van der Waals surface area (Å²) in [6, 6.07) is 35.4. The summed E-state index contributed by atoms with van der Waals surface area (Å²) >= 11 is 25.5. The summed E-state index contributed by atoms with van der Waals surface area (Å²) in [5, 5.41) is 34.5. The van der Waals surface area contributed by atoms with Gasteiger partial charge in [-0.3, -0.25) is 17.9 Å². The van der Waals surface area contributed by atoms with Crippen molar-refractivity contribution in [3.8, 4) is 56.9 Å². The summed E-state index contributed by atoms with van der Waals surface area (Å²) in [6.07, 6.45) is 6.96. The molecule has 4 aromatic carbocycles. The number of rotatable bonds is 9. The number of carboxylic acids is 1. The fourth-order valence-electron chi connectivity index (χ4n) is 7.06. The van der Waals surface area contributed by atoms with Gasteiger partial charge in [-0.15, -0.1) is 20.4 Å². The van der Waals surface area contributed by atoms with Crippen molar-refractivity contribution in [3.05, 3.63) is 183 Å². The van der Waals surface area contributed by atoms with Crippen LogP contribution in [0.4, 0.5) is 0 Å². The second kappa shape index (κ2) is 21.2. The van der Waals surface area contributed by atoms with Crippen LogP contribution in [-0.4, -0.2) is 77.2 Å². The van der Waals surface area contributed by atoms with Crippen LogP contribution in [0.15, 0.2) is 146 Å². The molecule has 16 nitrogen and oxygen atoms in total. The van der Waals surface area contributed by atoms with Crippen LogP contribution in [-0.2, 0) is 4.74 Å². The number of aromatic nitrogens is 10. The zero-order chi connectivity index (χ0) is 46.5. The predicted molar refractivity (Wildman–Crippen MR) is 251 cm³/mol. The van der Waals surface area contributed by atoms with E-state index in [0.29, 0.717) is 89.1 Å². The fourth-order valence-corrected chi connectivity index (χ4v) is 7.82. The average molecular weight is 968 g/mol. The van der Waals surface area contributed by atoms with Gasteiger partial charge in [0, 0.05) is 44.9 Å². The Kier molecular flexibility index (Phi) is 15.2. The Morgan fingerprint density at radius 2 is 1.04 bits per heavy atom. The van der Waals surface area contributed by atoms with Crippen LogP contribution in [0, 0.1) is 0 Å². The zero-order valence-corrected chi connectivity index (χ0v) is 38.2. The molecule has 10 aromatic rings. The first-order valence-electron chi connectivity index (χ1n) is 19.6. The number of hydrogen-bond donors (Lipinski definition) is 2. The van der Waals surface area contributed by atoms with E-state index in [1.807, 2.05) is 74.3 Å². The van der Waals surface area contributed by atoms with Crippen molar-refractivity contribution in [1.29, 1.82) is 0 Å². The minimum atomic E-state index is -0.991. The molecule has 0 aliphatic carbocycles. The predicted octanol–water partition coefficient (Wildman–Crippen LogP) is 8.42. The van der Waals surface area contributed by atoms with Crippen molar-refractivity contribution >= 4 is 69.6 Å². The number of benzene rings is 4. The second-order valence-electron chi connectivity index (χ2n) is 13.9. The first kappa shape index (κ1) is 48.1. The molecule has 0 radical (unpaired) electrons. The van der Waals surface area contributed by atoms with E-state index in [1.54, 1.807) is 84.8 Å². The van der Waals surface area contributed by atoms with Gasteiger partial charge in [-0.25, -0.2) is 19.6 Å². The van der Waals surface area contributed by atoms with Gasteiger partial charge in [0.15, 0.2) is 11.6 Å². The van der Waals surface area contributed by atoms with Gasteiger partial charge in [-0.2, -0.15) is 0 Å². The van der Waals surface area contributed by atoms with Gasteiger partial charge in [-0.05, 0) is 116 Å². The summed E-state index contributed by atoms with van der Waals surface area (Å²) in [7, 11) is 0. The normalized spacial score (nSPS) is 10.7. The summed E-state index contributed by atoms with van der Waals surface area (Å²) in [5.41, 5.74) is 7.57. The van der Waals surface area contributed by atoms with Crippen molar-refractivity contribution in [1.82, 2.24) is 48.3 Å². The maximum Gasteiger partial charge on any atom is 1.00 e. The van der Waals surface area contributed by atoms with Crippen molar-refractivity contribution < 1.29 is 43.5 Å². The summed E-state index contributed by atoms with van der Waals surface area (Å²) < 4.78 is 12.5. The number of halogens is 4. The minimum Gasteiger partial charge on any atom is -0.553 e. The number of fused-ring (bicyclic) bond motifs is 2. The number of carboxylic acid groups (broad SMARTS) is 1. The van der Waals surface area contributed by atoms with Crippen molar-refractivity contribution in [3.63, 3.8) is 0 Å². The molecule has 3 N–H and O–H groups in total. The van der Waals surface area contributed by atoms with E-state index < -0.39 is 5.97 Å². The molecule has 0 unspecified atom stereocenters. The van der Waals surface area contributed by atoms with Gasteiger partial charge < -0.3 is 20.9 Å². The standard InChI is InChI=1S/C24H17Cl2N5O2.C22H13Cl2N5O2.Li.H2NO/c1-2-33-24(32)15-6-9-17(10-7-15)31-14-27-29-23(31)22-21(18-13-16(25)8-11-19(18)26)28-20-5-3-4-12-30(20)22;23-14-6-9-17(24)16(11-14)19-20(28-10-2-1-3-18(28)26-19)21-27-25-12-29(21)15-7-4-13(5-8-15)22(30)31;;1-2/h3-14H,2H2,1H3;1-12H,(H,30,31);;1-2H/q;;+1;-1. The molecule has 0 bridgehead atoms. The van der Waals surface area contributed by atoms with Crippen LogP contribution in [0.2, 0.25) is 20.1 Å². The SMILES string of the molecule is CCOC(=O)c1ccc(-n2cnnc2-c2c(-c3cc(Cl)ccc3Cl)nc3ccccn23)cc1.O=C(O)c1ccc(-n2cnnc2-c2c(-c3cc(Cl)ccc3Cl)nc3ccccn23)cc1.[Li+].[NH-]O. The number of aromatic carboxylic acids is 1.